The zero-order valence-electron chi connectivity index (χ0n) is 15.0. The van der Waals surface area contributed by atoms with Crippen molar-refractivity contribution in [2.24, 2.45) is 0 Å². The molecule has 1 aliphatic rings. The molecule has 0 saturated carbocycles. The number of ether oxygens (including phenoxy) is 2. The summed E-state index contributed by atoms with van der Waals surface area (Å²) in [6.07, 6.45) is 4.16. The van der Waals surface area contributed by atoms with Crippen molar-refractivity contribution in [1.82, 2.24) is 5.32 Å². The van der Waals surface area contributed by atoms with E-state index in [1.54, 1.807) is 25.1 Å². The van der Waals surface area contributed by atoms with Crippen molar-refractivity contribution in [2.75, 3.05) is 5.32 Å². The molecule has 0 saturated heterocycles. The first kappa shape index (κ1) is 17.8. The summed E-state index contributed by atoms with van der Waals surface area (Å²) in [5.74, 6) is -0.0908. The van der Waals surface area contributed by atoms with E-state index >= 15 is 0 Å². The van der Waals surface area contributed by atoms with Gasteiger partial charge in [-0.25, -0.2) is 0 Å². The van der Waals surface area contributed by atoms with Crippen LogP contribution in [-0.4, -0.2) is 23.6 Å². The molecule has 1 atom stereocenters. The van der Waals surface area contributed by atoms with Gasteiger partial charge in [-0.2, -0.15) is 0 Å². The fourth-order valence-corrected chi connectivity index (χ4v) is 2.70. The Morgan fingerprint density at radius 3 is 2.50 bits per heavy atom. The molecule has 26 heavy (non-hydrogen) atoms. The maximum atomic E-state index is 12.3. The van der Waals surface area contributed by atoms with E-state index in [4.69, 9.17) is 13.9 Å². The quantitative estimate of drug-likeness (QED) is 0.827. The van der Waals surface area contributed by atoms with Gasteiger partial charge in [0.15, 0.2) is 11.5 Å². The summed E-state index contributed by atoms with van der Waals surface area (Å²) in [5, 5.41) is 5.39. The number of carbonyl (C=O) groups excluding carboxylic acids is 2. The van der Waals surface area contributed by atoms with Crippen LogP contribution in [-0.2, 0) is 4.79 Å². The van der Waals surface area contributed by atoms with Crippen molar-refractivity contribution < 1.29 is 23.5 Å². The molecular weight excluding hydrogens is 336 g/mol. The lowest BCUT2D eigenvalue weighted by molar-refractivity contribution is -0.117. The summed E-state index contributed by atoms with van der Waals surface area (Å²) >= 11 is 0. The van der Waals surface area contributed by atoms with Crippen molar-refractivity contribution in [2.45, 2.75) is 45.4 Å². The molecule has 0 fully saturated rings. The van der Waals surface area contributed by atoms with Crippen LogP contribution >= 0.6 is 0 Å². The number of anilines is 1. The summed E-state index contributed by atoms with van der Waals surface area (Å²) < 4.78 is 16.7. The van der Waals surface area contributed by atoms with Crippen molar-refractivity contribution >= 4 is 17.5 Å². The molecule has 7 heteroatoms. The third-order valence-electron chi connectivity index (χ3n) is 4.40. The molecule has 0 aliphatic carbocycles. The Kier molecular flexibility index (Phi) is 4.88. The maximum absolute atomic E-state index is 12.3. The van der Waals surface area contributed by atoms with Gasteiger partial charge in [0.1, 0.15) is 12.3 Å². The van der Waals surface area contributed by atoms with Crippen LogP contribution in [0.15, 0.2) is 41.2 Å². The molecule has 0 spiro atoms. The Bertz CT molecular complexity index is 796. The third-order valence-corrected chi connectivity index (χ3v) is 4.40. The highest BCUT2D eigenvalue weighted by Gasteiger charge is 2.38. The van der Waals surface area contributed by atoms with Crippen LogP contribution < -0.4 is 20.1 Å². The van der Waals surface area contributed by atoms with Crippen LogP contribution in [0.4, 0.5) is 5.69 Å². The van der Waals surface area contributed by atoms with Crippen molar-refractivity contribution in [1.29, 1.82) is 0 Å². The number of furan rings is 1. The van der Waals surface area contributed by atoms with Crippen LogP contribution in [0, 0.1) is 0 Å². The van der Waals surface area contributed by atoms with Gasteiger partial charge in [0.25, 0.3) is 11.7 Å². The first-order valence-electron chi connectivity index (χ1n) is 8.62. The predicted octanol–water partition coefficient (Wildman–Crippen LogP) is 3.32. The molecule has 2 N–H and O–H groups in total. The number of benzene rings is 1. The molecule has 3 rings (SSSR count). The second-order valence-electron chi connectivity index (χ2n) is 6.18. The smallest absolute Gasteiger partial charge is 0.255 e. The SMILES string of the molecule is CCC1(CC)Oc2ccc(NC(=O)[C@@H](C)NC(=O)c3ccoc3)cc2O1. The largest absolute Gasteiger partial charge is 0.472 e. The van der Waals surface area contributed by atoms with Gasteiger partial charge in [-0.1, -0.05) is 13.8 Å². The van der Waals surface area contributed by atoms with Crippen LogP contribution in [0.1, 0.15) is 44.0 Å². The molecule has 138 valence electrons. The average molecular weight is 358 g/mol. The van der Waals surface area contributed by atoms with E-state index in [2.05, 4.69) is 10.6 Å². The highest BCUT2D eigenvalue weighted by atomic mass is 16.7. The minimum Gasteiger partial charge on any atom is -0.472 e. The molecule has 0 unspecified atom stereocenters. The standard InChI is InChI=1S/C19H22N2O5/c1-4-19(5-2)25-15-7-6-14(10-16(15)26-19)21-17(22)12(3)20-18(23)13-8-9-24-11-13/h6-12H,4-5H2,1-3H3,(H,20,23)(H,21,22)/t12-/m1/s1. The number of fused-ring (bicyclic) bond motifs is 1. The van der Waals surface area contributed by atoms with E-state index in [1.165, 1.54) is 18.6 Å². The lowest BCUT2D eigenvalue weighted by Crippen LogP contribution is -2.41. The van der Waals surface area contributed by atoms with Crippen LogP contribution in [0.3, 0.4) is 0 Å². The van der Waals surface area contributed by atoms with Crippen LogP contribution in [0.2, 0.25) is 0 Å². The monoisotopic (exact) mass is 358 g/mol. The highest BCUT2D eigenvalue weighted by Crippen LogP contribution is 2.43. The van der Waals surface area contributed by atoms with Gasteiger partial charge in [-0.3, -0.25) is 9.59 Å². The predicted molar refractivity (Wildman–Crippen MR) is 95.3 cm³/mol. The second-order valence-corrected chi connectivity index (χ2v) is 6.18. The van der Waals surface area contributed by atoms with Gasteiger partial charge < -0.3 is 24.5 Å². The van der Waals surface area contributed by atoms with Gasteiger partial charge >= 0.3 is 0 Å². The summed E-state index contributed by atoms with van der Waals surface area (Å²) in [6.45, 7) is 5.62. The first-order chi connectivity index (χ1) is 12.5. The minimum absolute atomic E-state index is 0.335. The van der Waals surface area contributed by atoms with E-state index in [1.807, 2.05) is 13.8 Å². The van der Waals surface area contributed by atoms with Crippen molar-refractivity contribution in [3.8, 4) is 11.5 Å². The number of hydrogen-bond donors (Lipinski definition) is 2. The fraction of sp³-hybridized carbons (Fsp3) is 0.368. The molecule has 1 aliphatic heterocycles. The van der Waals surface area contributed by atoms with Gasteiger partial charge in [0.05, 0.1) is 11.8 Å². The topological polar surface area (TPSA) is 89.8 Å². The molecule has 1 aromatic heterocycles. The first-order valence-corrected chi connectivity index (χ1v) is 8.62. The van der Waals surface area contributed by atoms with Gasteiger partial charge in [-0.15, -0.1) is 0 Å². The van der Waals surface area contributed by atoms with Crippen LogP contribution in [0.5, 0.6) is 11.5 Å². The van der Waals surface area contributed by atoms with Crippen LogP contribution in [0.25, 0.3) is 0 Å². The number of nitrogens with one attached hydrogen (secondary N) is 2. The lowest BCUT2D eigenvalue weighted by Gasteiger charge is -2.24. The molecular formula is C19H22N2O5. The van der Waals surface area contributed by atoms with E-state index in [0.717, 1.165) is 12.8 Å². The second kappa shape index (κ2) is 7.11. The Morgan fingerprint density at radius 1 is 1.12 bits per heavy atom. The third kappa shape index (κ3) is 3.51. The van der Waals surface area contributed by atoms with Crippen molar-refractivity contribution in [3.05, 3.63) is 42.4 Å². The molecule has 2 amide bonds. The van der Waals surface area contributed by atoms with Crippen molar-refractivity contribution in [3.63, 3.8) is 0 Å². The van der Waals surface area contributed by atoms with E-state index in [9.17, 15) is 9.59 Å². The van der Waals surface area contributed by atoms with Gasteiger partial charge in [-0.05, 0) is 25.1 Å². The zero-order valence-corrected chi connectivity index (χ0v) is 15.0. The average Bonchev–Trinajstić information content (AvgIpc) is 3.29. The zero-order chi connectivity index (χ0) is 18.7. The molecule has 2 heterocycles. The number of amides is 2. The molecule has 0 bridgehead atoms. The Hall–Kier alpha value is -2.96. The normalized spacial score (nSPS) is 15.3. The number of carbonyl (C=O) groups is 2. The van der Waals surface area contributed by atoms with Gasteiger partial charge in [0, 0.05) is 24.6 Å². The summed E-state index contributed by atoms with van der Waals surface area (Å²) in [6, 6.07) is 6.06. The lowest BCUT2D eigenvalue weighted by atomic mass is 10.1. The highest BCUT2D eigenvalue weighted by molar-refractivity contribution is 6.00. The minimum atomic E-state index is -0.715. The maximum Gasteiger partial charge on any atom is 0.255 e. The summed E-state index contributed by atoms with van der Waals surface area (Å²) in [5.41, 5.74) is 0.938. The van der Waals surface area contributed by atoms with E-state index < -0.39 is 11.8 Å². The molecule has 7 nitrogen and oxygen atoms in total. The fourth-order valence-electron chi connectivity index (χ4n) is 2.70. The number of hydrogen-bond acceptors (Lipinski definition) is 5. The molecule has 2 aromatic rings. The molecule has 0 radical (unpaired) electrons. The Balaban J connectivity index is 1.63. The van der Waals surface area contributed by atoms with Gasteiger partial charge in [0.2, 0.25) is 5.91 Å². The molecule has 1 aromatic carbocycles. The Labute approximate surface area is 151 Å². The van der Waals surface area contributed by atoms with E-state index in [-0.39, 0.29) is 11.8 Å². The van der Waals surface area contributed by atoms with E-state index in [0.29, 0.717) is 22.7 Å². The number of rotatable bonds is 6. The summed E-state index contributed by atoms with van der Waals surface area (Å²) in [4.78, 5) is 24.3. The Morgan fingerprint density at radius 2 is 1.85 bits per heavy atom. The summed E-state index contributed by atoms with van der Waals surface area (Å²) in [7, 11) is 0.